The van der Waals surface area contributed by atoms with Crippen molar-refractivity contribution in [2.24, 2.45) is 0 Å². The maximum Gasteiger partial charge on any atom is 0.225 e. The number of rotatable bonds is 4. The maximum absolute atomic E-state index is 14.1. The SMILES string of the molecule is Oc1cccc2c(-c3ccc(F)c(F)c3)c(C3CCOCC3)nc(OC3CCC3)c12. The van der Waals surface area contributed by atoms with Crippen LogP contribution in [0.3, 0.4) is 0 Å². The number of phenols is 1. The fourth-order valence-electron chi connectivity index (χ4n) is 4.29. The summed E-state index contributed by atoms with van der Waals surface area (Å²) in [5.74, 6) is -1.21. The smallest absolute Gasteiger partial charge is 0.225 e. The number of halogens is 2. The zero-order chi connectivity index (χ0) is 20.7. The van der Waals surface area contributed by atoms with Crippen LogP contribution in [0.4, 0.5) is 8.78 Å². The van der Waals surface area contributed by atoms with Crippen molar-refractivity contribution >= 4 is 10.8 Å². The molecule has 4 nitrogen and oxygen atoms in total. The molecule has 1 aliphatic heterocycles. The van der Waals surface area contributed by atoms with E-state index in [0.29, 0.717) is 35.6 Å². The molecular formula is C24H23F2NO3. The van der Waals surface area contributed by atoms with E-state index in [1.807, 2.05) is 6.07 Å². The normalized spacial score (nSPS) is 17.8. The molecule has 2 heterocycles. The summed E-state index contributed by atoms with van der Waals surface area (Å²) in [4.78, 5) is 4.88. The predicted molar refractivity (Wildman–Crippen MR) is 110 cm³/mol. The van der Waals surface area contributed by atoms with Crippen molar-refractivity contribution < 1.29 is 23.4 Å². The van der Waals surface area contributed by atoms with Crippen LogP contribution in [0, 0.1) is 11.6 Å². The molecule has 2 aliphatic rings. The van der Waals surface area contributed by atoms with Crippen LogP contribution in [0.2, 0.25) is 0 Å². The Labute approximate surface area is 173 Å². The Hall–Kier alpha value is -2.73. The molecule has 0 spiro atoms. The van der Waals surface area contributed by atoms with Crippen molar-refractivity contribution in [3.05, 3.63) is 53.7 Å². The number of hydrogen-bond donors (Lipinski definition) is 1. The summed E-state index contributed by atoms with van der Waals surface area (Å²) in [6.45, 7) is 1.25. The minimum Gasteiger partial charge on any atom is -0.507 e. The summed E-state index contributed by atoms with van der Waals surface area (Å²) >= 11 is 0. The lowest BCUT2D eigenvalue weighted by Gasteiger charge is -2.29. The van der Waals surface area contributed by atoms with Gasteiger partial charge in [0.15, 0.2) is 11.6 Å². The van der Waals surface area contributed by atoms with E-state index in [2.05, 4.69) is 0 Å². The van der Waals surface area contributed by atoms with Crippen molar-refractivity contribution in [3.8, 4) is 22.8 Å². The van der Waals surface area contributed by atoms with Crippen LogP contribution in [-0.4, -0.2) is 29.4 Å². The van der Waals surface area contributed by atoms with E-state index in [1.54, 1.807) is 18.2 Å². The number of pyridine rings is 1. The van der Waals surface area contributed by atoms with Gasteiger partial charge in [-0.3, -0.25) is 0 Å². The molecule has 0 radical (unpaired) electrons. The van der Waals surface area contributed by atoms with Gasteiger partial charge in [-0.1, -0.05) is 18.2 Å². The van der Waals surface area contributed by atoms with Crippen molar-refractivity contribution in [3.63, 3.8) is 0 Å². The van der Waals surface area contributed by atoms with Crippen molar-refractivity contribution in [1.29, 1.82) is 0 Å². The molecule has 30 heavy (non-hydrogen) atoms. The molecule has 1 aliphatic carbocycles. The third kappa shape index (κ3) is 3.39. The average Bonchev–Trinajstić information content (AvgIpc) is 2.73. The largest absolute Gasteiger partial charge is 0.507 e. The van der Waals surface area contributed by atoms with Gasteiger partial charge in [0.2, 0.25) is 5.88 Å². The van der Waals surface area contributed by atoms with Gasteiger partial charge >= 0.3 is 0 Å². The Kier molecular flexibility index (Phi) is 5.03. The summed E-state index contributed by atoms with van der Waals surface area (Å²) in [5, 5.41) is 11.9. The molecule has 2 aromatic carbocycles. The van der Waals surface area contributed by atoms with Crippen LogP contribution >= 0.6 is 0 Å². The van der Waals surface area contributed by atoms with Gasteiger partial charge in [0.05, 0.1) is 11.1 Å². The van der Waals surface area contributed by atoms with Gasteiger partial charge < -0.3 is 14.6 Å². The zero-order valence-corrected chi connectivity index (χ0v) is 16.5. The highest BCUT2D eigenvalue weighted by Gasteiger charge is 2.28. The molecule has 0 bridgehead atoms. The number of aromatic hydroxyl groups is 1. The van der Waals surface area contributed by atoms with Crippen LogP contribution < -0.4 is 4.74 Å². The first-order chi connectivity index (χ1) is 14.6. The second-order valence-electron chi connectivity index (χ2n) is 8.06. The zero-order valence-electron chi connectivity index (χ0n) is 16.5. The van der Waals surface area contributed by atoms with Crippen LogP contribution in [0.25, 0.3) is 21.9 Å². The van der Waals surface area contributed by atoms with Crippen LogP contribution in [-0.2, 0) is 4.74 Å². The van der Waals surface area contributed by atoms with Gasteiger partial charge in [0, 0.05) is 30.1 Å². The molecule has 6 heteroatoms. The Morgan fingerprint density at radius 3 is 2.50 bits per heavy atom. The van der Waals surface area contributed by atoms with Crippen molar-refractivity contribution in [2.45, 2.75) is 44.1 Å². The summed E-state index contributed by atoms with van der Waals surface area (Å²) in [5.41, 5.74) is 2.04. The van der Waals surface area contributed by atoms with Gasteiger partial charge in [-0.2, -0.15) is 0 Å². The maximum atomic E-state index is 14.1. The molecule has 156 valence electrons. The van der Waals surface area contributed by atoms with Crippen LogP contribution in [0.15, 0.2) is 36.4 Å². The number of aromatic nitrogens is 1. The lowest BCUT2D eigenvalue weighted by molar-refractivity contribution is 0.0838. The quantitative estimate of drug-likeness (QED) is 0.597. The molecule has 1 N–H and O–H groups in total. The third-order valence-electron chi connectivity index (χ3n) is 6.15. The molecule has 0 atom stereocenters. The molecule has 3 aromatic rings. The van der Waals surface area contributed by atoms with E-state index in [9.17, 15) is 13.9 Å². The fourth-order valence-corrected chi connectivity index (χ4v) is 4.29. The summed E-state index contributed by atoms with van der Waals surface area (Å²) in [6, 6.07) is 9.12. The number of fused-ring (bicyclic) bond motifs is 1. The first-order valence-corrected chi connectivity index (χ1v) is 10.5. The number of benzene rings is 2. The molecule has 0 amide bonds. The van der Waals surface area contributed by atoms with Gasteiger partial charge in [-0.25, -0.2) is 13.8 Å². The first kappa shape index (κ1) is 19.2. The molecule has 1 saturated carbocycles. The monoisotopic (exact) mass is 411 g/mol. The van der Waals surface area contributed by atoms with Crippen molar-refractivity contribution in [1.82, 2.24) is 4.98 Å². The van der Waals surface area contributed by atoms with E-state index in [0.717, 1.165) is 49.3 Å². The van der Waals surface area contributed by atoms with Gasteiger partial charge in [-0.05, 0) is 55.9 Å². The van der Waals surface area contributed by atoms with Crippen molar-refractivity contribution in [2.75, 3.05) is 13.2 Å². The first-order valence-electron chi connectivity index (χ1n) is 10.5. The number of hydrogen-bond acceptors (Lipinski definition) is 4. The Morgan fingerprint density at radius 2 is 1.80 bits per heavy atom. The summed E-state index contributed by atoms with van der Waals surface area (Å²) in [7, 11) is 0. The highest BCUT2D eigenvalue weighted by Crippen LogP contribution is 2.45. The third-order valence-corrected chi connectivity index (χ3v) is 6.15. The lowest BCUT2D eigenvalue weighted by atomic mass is 9.87. The van der Waals surface area contributed by atoms with Gasteiger partial charge in [-0.15, -0.1) is 0 Å². The molecule has 5 rings (SSSR count). The van der Waals surface area contributed by atoms with Crippen LogP contribution in [0.5, 0.6) is 11.6 Å². The number of nitrogens with zero attached hydrogens (tertiary/aromatic N) is 1. The highest BCUT2D eigenvalue weighted by atomic mass is 19.2. The van der Waals surface area contributed by atoms with E-state index in [-0.39, 0.29) is 17.8 Å². The predicted octanol–water partition coefficient (Wildman–Crippen LogP) is 5.71. The molecule has 2 fully saturated rings. The Morgan fingerprint density at radius 1 is 1.00 bits per heavy atom. The van der Waals surface area contributed by atoms with Gasteiger partial charge in [0.1, 0.15) is 11.9 Å². The molecule has 1 aromatic heterocycles. The summed E-state index contributed by atoms with van der Waals surface area (Å²) < 4.78 is 39.5. The van der Waals surface area contributed by atoms with E-state index < -0.39 is 11.6 Å². The molecular weight excluding hydrogens is 388 g/mol. The Bertz CT molecular complexity index is 1090. The molecule has 0 unspecified atom stereocenters. The highest BCUT2D eigenvalue weighted by molar-refractivity contribution is 6.03. The van der Waals surface area contributed by atoms with Crippen LogP contribution in [0.1, 0.15) is 43.7 Å². The molecule has 1 saturated heterocycles. The minimum atomic E-state index is -0.909. The average molecular weight is 411 g/mol. The Balaban J connectivity index is 1.77. The second kappa shape index (κ2) is 7.84. The van der Waals surface area contributed by atoms with E-state index >= 15 is 0 Å². The lowest BCUT2D eigenvalue weighted by Crippen LogP contribution is -2.25. The number of phenolic OH excluding ortho intramolecular Hbond substituents is 1. The summed E-state index contributed by atoms with van der Waals surface area (Å²) in [6.07, 6.45) is 4.72. The van der Waals surface area contributed by atoms with Gasteiger partial charge in [0.25, 0.3) is 0 Å². The second-order valence-corrected chi connectivity index (χ2v) is 8.06. The minimum absolute atomic E-state index is 0.0664. The fraction of sp³-hybridized carbons (Fsp3) is 0.375. The number of ether oxygens (including phenoxy) is 2. The van der Waals surface area contributed by atoms with E-state index in [4.69, 9.17) is 14.5 Å². The van der Waals surface area contributed by atoms with E-state index in [1.165, 1.54) is 6.07 Å². The topological polar surface area (TPSA) is 51.6 Å². The standard InChI is InChI=1S/C24H23F2NO3/c25-18-8-7-15(13-19(18)26)21-17-5-2-6-20(28)22(17)24(30-16-3-1-4-16)27-23(21)14-9-11-29-12-10-14/h2,5-8,13-14,16,28H,1,3-4,9-12H2.